The average Bonchev–Trinajstić information content (AvgIpc) is 3.17. The zero-order valence-corrected chi connectivity index (χ0v) is 16.1. The molecule has 0 unspecified atom stereocenters. The van der Waals surface area contributed by atoms with Crippen LogP contribution in [-0.4, -0.2) is 27.4 Å². The summed E-state index contributed by atoms with van der Waals surface area (Å²) in [5.74, 6) is 0.437. The van der Waals surface area contributed by atoms with Gasteiger partial charge in [-0.05, 0) is 43.0 Å². The summed E-state index contributed by atoms with van der Waals surface area (Å²) >= 11 is 13.5. The van der Waals surface area contributed by atoms with E-state index in [4.69, 9.17) is 27.9 Å². The van der Waals surface area contributed by atoms with Crippen LogP contribution in [0.5, 0.6) is 5.75 Å². The number of aromatic nitrogens is 2. The highest BCUT2D eigenvalue weighted by molar-refractivity contribution is 7.18. The van der Waals surface area contributed by atoms with Crippen molar-refractivity contribution >= 4 is 44.8 Å². The summed E-state index contributed by atoms with van der Waals surface area (Å²) in [6.45, 7) is 0.116. The van der Waals surface area contributed by atoms with E-state index < -0.39 is 6.10 Å². The van der Waals surface area contributed by atoms with Crippen molar-refractivity contribution in [3.8, 4) is 5.75 Å². The molecule has 0 saturated carbocycles. The third-order valence-electron chi connectivity index (χ3n) is 4.42. The third-order valence-corrected chi connectivity index (χ3v) is 6.15. The van der Waals surface area contributed by atoms with E-state index in [9.17, 15) is 9.90 Å². The molecular weight excluding hydrogens is 395 g/mol. The van der Waals surface area contributed by atoms with Gasteiger partial charge in [0.25, 0.3) is 5.56 Å². The highest BCUT2D eigenvalue weighted by Crippen LogP contribution is 2.34. The van der Waals surface area contributed by atoms with Gasteiger partial charge in [0.2, 0.25) is 0 Å². The molecule has 0 saturated heterocycles. The van der Waals surface area contributed by atoms with E-state index in [2.05, 4.69) is 4.98 Å². The van der Waals surface area contributed by atoms with Crippen molar-refractivity contribution in [1.82, 2.24) is 9.55 Å². The lowest BCUT2D eigenvalue weighted by molar-refractivity contribution is 0.0915. The molecule has 3 aromatic rings. The van der Waals surface area contributed by atoms with Crippen molar-refractivity contribution in [2.75, 3.05) is 6.61 Å². The van der Waals surface area contributed by atoms with Crippen LogP contribution >= 0.6 is 34.5 Å². The number of hydrogen-bond donors (Lipinski definition) is 1. The van der Waals surface area contributed by atoms with Crippen LogP contribution in [0.4, 0.5) is 0 Å². The maximum absolute atomic E-state index is 12.8. The maximum atomic E-state index is 12.8. The first kappa shape index (κ1) is 17.8. The van der Waals surface area contributed by atoms with Crippen molar-refractivity contribution in [1.29, 1.82) is 0 Å². The summed E-state index contributed by atoms with van der Waals surface area (Å²) in [6.07, 6.45) is 3.66. The lowest BCUT2D eigenvalue weighted by Crippen LogP contribution is -2.30. The van der Waals surface area contributed by atoms with Gasteiger partial charge in [-0.2, -0.15) is 0 Å². The summed E-state index contributed by atoms with van der Waals surface area (Å²) < 4.78 is 6.99. The smallest absolute Gasteiger partial charge is 0.262 e. The first-order chi connectivity index (χ1) is 12.5. The van der Waals surface area contributed by atoms with Gasteiger partial charge >= 0.3 is 0 Å². The molecule has 1 aliphatic carbocycles. The first-order valence-corrected chi connectivity index (χ1v) is 9.86. The quantitative estimate of drug-likeness (QED) is 0.696. The van der Waals surface area contributed by atoms with Crippen molar-refractivity contribution in [3.05, 3.63) is 55.4 Å². The average molecular weight is 411 g/mol. The van der Waals surface area contributed by atoms with Crippen LogP contribution in [-0.2, 0) is 19.4 Å². The van der Waals surface area contributed by atoms with E-state index in [0.717, 1.165) is 29.7 Å². The molecule has 136 valence electrons. The molecule has 1 aromatic carbocycles. The SMILES string of the molecule is O=c1c2c3c(sc2ncn1C[C@H](O)COc1ccc(Cl)cc1Cl)CCC3. The second kappa shape index (κ2) is 7.19. The summed E-state index contributed by atoms with van der Waals surface area (Å²) in [7, 11) is 0. The Morgan fingerprint density at radius 1 is 1.35 bits per heavy atom. The van der Waals surface area contributed by atoms with Crippen LogP contribution in [0.2, 0.25) is 10.0 Å². The van der Waals surface area contributed by atoms with Gasteiger partial charge in [0.05, 0.1) is 23.3 Å². The molecular formula is C18H16Cl2N2O3S. The lowest BCUT2D eigenvalue weighted by Gasteiger charge is -2.14. The highest BCUT2D eigenvalue weighted by atomic mass is 35.5. The number of halogens is 2. The molecule has 0 aliphatic heterocycles. The number of aliphatic hydroxyl groups is 1. The van der Waals surface area contributed by atoms with E-state index in [1.54, 1.807) is 29.5 Å². The molecule has 0 fully saturated rings. The number of fused-ring (bicyclic) bond motifs is 3. The third kappa shape index (κ3) is 3.34. The van der Waals surface area contributed by atoms with Gasteiger partial charge in [0, 0.05) is 9.90 Å². The Kier molecular flexibility index (Phi) is 4.92. The molecule has 0 amide bonds. The Morgan fingerprint density at radius 3 is 3.00 bits per heavy atom. The Bertz CT molecular complexity index is 1030. The predicted molar refractivity (Wildman–Crippen MR) is 104 cm³/mol. The number of thiophene rings is 1. The Balaban J connectivity index is 1.50. The van der Waals surface area contributed by atoms with Crippen LogP contribution in [0.1, 0.15) is 16.9 Å². The second-order valence-electron chi connectivity index (χ2n) is 6.28. The molecule has 1 atom stereocenters. The number of hydrogen-bond acceptors (Lipinski definition) is 5. The van der Waals surface area contributed by atoms with E-state index >= 15 is 0 Å². The first-order valence-electron chi connectivity index (χ1n) is 8.28. The standard InChI is InChI=1S/C18H16Cl2N2O3S/c19-10-4-5-14(13(20)6-10)25-8-11(23)7-22-9-21-17-16(18(22)24)12-2-1-3-15(12)26-17/h4-6,9,11,23H,1-3,7-8H2/t11-/m0/s1. The number of aryl methyl sites for hydroxylation is 2. The summed E-state index contributed by atoms with van der Waals surface area (Å²) in [5.41, 5.74) is 1.04. The summed E-state index contributed by atoms with van der Waals surface area (Å²) in [6, 6.07) is 4.88. The van der Waals surface area contributed by atoms with Crippen LogP contribution in [0.25, 0.3) is 10.2 Å². The van der Waals surface area contributed by atoms with Crippen LogP contribution in [0.15, 0.2) is 29.3 Å². The predicted octanol–water partition coefficient (Wildman–Crippen LogP) is 3.69. The van der Waals surface area contributed by atoms with Gasteiger partial charge in [-0.25, -0.2) is 4.98 Å². The number of rotatable bonds is 5. The molecule has 2 aromatic heterocycles. The summed E-state index contributed by atoms with van der Waals surface area (Å²) in [5, 5.41) is 11.9. The largest absolute Gasteiger partial charge is 0.489 e. The molecule has 1 N–H and O–H groups in total. The molecule has 4 rings (SSSR count). The minimum Gasteiger partial charge on any atom is -0.489 e. The van der Waals surface area contributed by atoms with E-state index in [1.807, 2.05) is 0 Å². The fraction of sp³-hybridized carbons (Fsp3) is 0.333. The fourth-order valence-electron chi connectivity index (χ4n) is 3.21. The fourth-order valence-corrected chi connectivity index (χ4v) is 4.89. The van der Waals surface area contributed by atoms with Crippen LogP contribution < -0.4 is 10.3 Å². The van der Waals surface area contributed by atoms with Gasteiger partial charge in [-0.15, -0.1) is 11.3 Å². The number of ether oxygens (including phenoxy) is 1. The molecule has 1 aliphatic rings. The molecule has 26 heavy (non-hydrogen) atoms. The zero-order chi connectivity index (χ0) is 18.3. The molecule has 0 radical (unpaired) electrons. The Morgan fingerprint density at radius 2 is 2.19 bits per heavy atom. The Labute approximate surface area is 163 Å². The van der Waals surface area contributed by atoms with E-state index in [0.29, 0.717) is 21.2 Å². The van der Waals surface area contributed by atoms with Gasteiger partial charge in [0.15, 0.2) is 0 Å². The van der Waals surface area contributed by atoms with Gasteiger partial charge < -0.3 is 9.84 Å². The number of nitrogens with zero attached hydrogens (tertiary/aromatic N) is 2. The molecule has 0 spiro atoms. The van der Waals surface area contributed by atoms with Gasteiger partial charge in [0.1, 0.15) is 23.3 Å². The minimum absolute atomic E-state index is 0.00751. The lowest BCUT2D eigenvalue weighted by atomic mass is 10.2. The van der Waals surface area contributed by atoms with E-state index in [-0.39, 0.29) is 18.7 Å². The second-order valence-corrected chi connectivity index (χ2v) is 8.21. The minimum atomic E-state index is -0.870. The molecule has 5 nitrogen and oxygen atoms in total. The monoisotopic (exact) mass is 410 g/mol. The van der Waals surface area contributed by atoms with Gasteiger partial charge in [-0.1, -0.05) is 23.2 Å². The van der Waals surface area contributed by atoms with Crippen molar-refractivity contribution < 1.29 is 9.84 Å². The van der Waals surface area contributed by atoms with Crippen molar-refractivity contribution in [3.63, 3.8) is 0 Å². The number of benzene rings is 1. The number of aliphatic hydroxyl groups excluding tert-OH is 1. The molecule has 2 heterocycles. The van der Waals surface area contributed by atoms with Crippen molar-refractivity contribution in [2.45, 2.75) is 31.9 Å². The zero-order valence-electron chi connectivity index (χ0n) is 13.7. The topological polar surface area (TPSA) is 64.4 Å². The van der Waals surface area contributed by atoms with Gasteiger partial charge in [-0.3, -0.25) is 9.36 Å². The van der Waals surface area contributed by atoms with Crippen LogP contribution in [0, 0.1) is 0 Å². The van der Waals surface area contributed by atoms with Crippen LogP contribution in [0.3, 0.4) is 0 Å². The molecule has 8 heteroatoms. The van der Waals surface area contributed by atoms with Crippen molar-refractivity contribution in [2.24, 2.45) is 0 Å². The normalized spacial score (nSPS) is 14.6. The maximum Gasteiger partial charge on any atom is 0.262 e. The van der Waals surface area contributed by atoms with E-state index in [1.165, 1.54) is 15.8 Å². The highest BCUT2D eigenvalue weighted by Gasteiger charge is 2.21. The molecule has 0 bridgehead atoms. The summed E-state index contributed by atoms with van der Waals surface area (Å²) in [4.78, 5) is 19.2. The Hall–Kier alpha value is -1.60.